The second-order valence-electron chi connectivity index (χ2n) is 29.4. The number of nitrogens with one attached hydrogen (secondary N) is 1. The molecule has 0 bridgehead atoms. The number of halogens is 17. The van der Waals surface area contributed by atoms with E-state index in [0.29, 0.717) is 72.9 Å². The number of benzene rings is 11. The van der Waals surface area contributed by atoms with E-state index in [1.807, 2.05) is 19.1 Å². The van der Waals surface area contributed by atoms with Crippen molar-refractivity contribution in [2.45, 2.75) is 86.3 Å². The quantitative estimate of drug-likeness (QED) is 0.00540. The molecule has 3 aromatic heterocycles. The van der Waals surface area contributed by atoms with Crippen molar-refractivity contribution < 1.29 is 83.7 Å². The van der Waals surface area contributed by atoms with Crippen molar-refractivity contribution in [2.24, 2.45) is 0 Å². The Kier molecular flexibility index (Phi) is 46.3. The maximum absolute atomic E-state index is 13.2. The van der Waals surface area contributed by atoms with E-state index in [0.717, 1.165) is 77.5 Å². The Balaban J connectivity index is 0.000000297. The van der Waals surface area contributed by atoms with Crippen LogP contribution in [0.3, 0.4) is 0 Å². The molecule has 0 radical (unpaired) electrons. The number of aryl methyl sites for hydroxylation is 7. The normalized spacial score (nSPS) is 10.4. The zero-order valence-corrected chi connectivity index (χ0v) is 81.1. The van der Waals surface area contributed by atoms with Crippen molar-refractivity contribution in [3.05, 3.63) is 435 Å². The lowest BCUT2D eigenvalue weighted by Gasteiger charge is -2.12. The van der Waals surface area contributed by atoms with Crippen LogP contribution in [0.5, 0.6) is 0 Å². The molecule has 0 aliphatic carbocycles. The second-order valence-corrected chi connectivity index (χ2v) is 32.0. The first-order valence-electron chi connectivity index (χ1n) is 40.3. The maximum Gasteiger partial charge on any atom is 0.488 e. The molecule has 0 spiro atoms. The van der Waals surface area contributed by atoms with E-state index in [2.05, 4.69) is 88.7 Å². The van der Waals surface area contributed by atoms with Crippen LogP contribution in [0.4, 0.5) is 85.3 Å². The molecule has 0 saturated heterocycles. The number of hydrogen-bond acceptors (Lipinski definition) is 19. The van der Waals surface area contributed by atoms with Crippen molar-refractivity contribution >= 4 is 175 Å². The van der Waals surface area contributed by atoms with Crippen molar-refractivity contribution in [3.8, 4) is 22.5 Å². The molecule has 6 N–H and O–H groups in total. The number of carbonyl (C=O) groups excluding carboxylic acids is 4. The Bertz CT molecular complexity index is 6890. The van der Waals surface area contributed by atoms with Crippen LogP contribution in [-0.4, -0.2) is 91.7 Å². The highest BCUT2D eigenvalue weighted by Gasteiger charge is 2.36. The van der Waals surface area contributed by atoms with Crippen LogP contribution in [0, 0.1) is 88.4 Å². The molecule has 0 atom stereocenters. The molecule has 0 unspecified atom stereocenters. The number of nitro groups is 2. The van der Waals surface area contributed by atoms with E-state index < -0.39 is 73.3 Å². The number of rotatable bonds is 17. The van der Waals surface area contributed by atoms with Gasteiger partial charge in [0, 0.05) is 102 Å². The number of aliphatic hydroxyl groups is 1. The Morgan fingerprint density at radius 2 is 0.773 bits per heavy atom. The molecule has 3 heterocycles. The van der Waals surface area contributed by atoms with E-state index in [1.54, 1.807) is 123 Å². The summed E-state index contributed by atoms with van der Waals surface area (Å²) in [6, 6.07) is 59.9. The number of aromatic nitrogens is 6. The number of nitrogen functional groups attached to an aromatic ring is 1. The number of aliphatic hydroxyl groups excluding tert-OH is 1. The highest BCUT2D eigenvalue weighted by atomic mass is 35.5. The summed E-state index contributed by atoms with van der Waals surface area (Å²) in [5, 5.41) is 47.6. The summed E-state index contributed by atoms with van der Waals surface area (Å²) in [5.74, 6) is -0.860. The third kappa shape index (κ3) is 37.8. The smallest absolute Gasteiger partial charge is 0.423 e. The molecular weight excluding hydrogens is 2010 g/mol. The largest absolute Gasteiger partial charge is 0.488 e. The summed E-state index contributed by atoms with van der Waals surface area (Å²) in [6.45, 7) is 33.7. The second kappa shape index (κ2) is 55.6. The molecule has 24 nitrogen and oxygen atoms in total. The molecule has 0 aliphatic rings. The minimum atomic E-state index is -4.63. The first-order valence-corrected chi connectivity index (χ1v) is 42.9. The molecule has 0 amide bonds. The van der Waals surface area contributed by atoms with Crippen LogP contribution in [0.15, 0.2) is 255 Å². The fraction of sp³-hybridized carbons (Fsp3) is 0.141. The number of nitrogens with two attached hydrogens (primary N) is 1. The number of carbonyl (C=O) groups is 4. The van der Waals surface area contributed by atoms with Crippen LogP contribution < -0.4 is 16.5 Å². The standard InChI is InChI=1S/C27H18ClF3N4O.C16H11ClF3NO3.C16H13ClF3NO.C11H6ClN3.C9H12.C8H6ClNO3.C7H6BNO2.C4H2Cl2N2.CH4O.ClH/c1-16-3-5-19(25(36)14-17-4-10-22(28)21(13-17)27(29,30)31)15-24(16)35-26-33-12-11-23(34-26)18-6-8-20(32-2)9-7-18;1-9-2-4-11(8-14(9)21(23)24)15(22)7-10-3-5-13(17)12(6-10)16(18,19)20;1-9-2-4-11(8-14(9)21)15(22)7-10-3-5-13(17)12(6-10)16(18,19)20;1-13-9-4-2-8(3-5-9)10-6-7-14-11(12)15-10;1-7-4-5-8(2)9(3)6-7;1-5-2-3-6(8(9)11)4-7(5)10(12)13;1-9-7-4-2-6(3-5-7)8(10)11;5-3-1-2-7-4(6)8-3;1-2;/h3-13,15H,14H2,1H3,(H,33,34,35);2-6,8H,7H2,1H3;2-6,8H,7,21H2,1H3;2-7H;4-6H,1-3H3;2-4H,1H3;2-5,10-11H;1-2H;2H,1H3;1H. The van der Waals surface area contributed by atoms with E-state index in [4.69, 9.17) is 122 Å². The van der Waals surface area contributed by atoms with Gasteiger partial charge in [-0.3, -0.25) is 39.4 Å². The summed E-state index contributed by atoms with van der Waals surface area (Å²) >= 11 is 38.4. The van der Waals surface area contributed by atoms with E-state index >= 15 is 0 Å². The van der Waals surface area contributed by atoms with Crippen LogP contribution in [0.2, 0.25) is 30.8 Å². The molecule has 0 aliphatic heterocycles. The van der Waals surface area contributed by atoms with Crippen LogP contribution >= 0.6 is 93.6 Å². The topological polar surface area (TPSA) is 344 Å². The van der Waals surface area contributed by atoms with Gasteiger partial charge in [-0.2, -0.15) is 39.5 Å². The summed E-state index contributed by atoms with van der Waals surface area (Å²) in [4.78, 5) is 102. The van der Waals surface area contributed by atoms with Gasteiger partial charge in [-0.15, -0.1) is 12.4 Å². The maximum atomic E-state index is 13.2. The van der Waals surface area contributed by atoms with Gasteiger partial charge in [0.1, 0.15) is 5.15 Å². The predicted octanol–water partition coefficient (Wildman–Crippen LogP) is 27.5. The molecular formula is C99H79BCl8F9N13O11. The lowest BCUT2D eigenvalue weighted by Crippen LogP contribution is -2.29. The molecule has 141 heavy (non-hydrogen) atoms. The minimum absolute atomic E-state index is 0. The fourth-order valence-corrected chi connectivity index (χ4v) is 13.0. The Labute approximate surface area is 844 Å². The van der Waals surface area contributed by atoms with Gasteiger partial charge in [0.2, 0.25) is 16.5 Å². The summed E-state index contributed by atoms with van der Waals surface area (Å²) < 4.78 is 116. The van der Waals surface area contributed by atoms with Crippen molar-refractivity contribution in [3.63, 3.8) is 0 Å². The van der Waals surface area contributed by atoms with Gasteiger partial charge in [-0.05, 0) is 212 Å². The average molecular weight is 2090 g/mol. The van der Waals surface area contributed by atoms with Gasteiger partial charge in [-0.25, -0.2) is 44.4 Å². The molecule has 14 rings (SSSR count). The molecule has 0 saturated carbocycles. The third-order valence-corrected chi connectivity index (χ3v) is 21.1. The first-order chi connectivity index (χ1) is 65.9. The minimum Gasteiger partial charge on any atom is -0.423 e. The molecule has 728 valence electrons. The monoisotopic (exact) mass is 2090 g/mol. The Hall–Kier alpha value is -14.2. The summed E-state index contributed by atoms with van der Waals surface area (Å²) in [7, 11) is -0.449. The number of nitro benzene ring substituents is 2. The Morgan fingerprint density at radius 1 is 0.418 bits per heavy atom. The zero-order valence-electron chi connectivity index (χ0n) is 75.0. The number of alkyl halides is 9. The predicted molar refractivity (Wildman–Crippen MR) is 532 cm³/mol. The molecule has 11 aromatic carbocycles. The van der Waals surface area contributed by atoms with Crippen LogP contribution in [-0.2, 0) is 37.8 Å². The first kappa shape index (κ1) is 117. The summed E-state index contributed by atoms with van der Waals surface area (Å²) in [6.07, 6.45) is -9.77. The number of ketones is 3. The van der Waals surface area contributed by atoms with Gasteiger partial charge in [0.25, 0.3) is 16.6 Å². The van der Waals surface area contributed by atoms with Gasteiger partial charge >= 0.3 is 25.6 Å². The molecule has 42 heteroatoms. The number of Topliss-reactive ketones (excluding diaryl/α,β-unsaturated/α-hetero) is 3. The highest BCUT2D eigenvalue weighted by Crippen LogP contribution is 2.39. The van der Waals surface area contributed by atoms with E-state index in [-0.39, 0.29) is 98.0 Å². The zero-order chi connectivity index (χ0) is 104. The molecule has 0 fully saturated rings. The van der Waals surface area contributed by atoms with Crippen LogP contribution in [0.25, 0.3) is 37.0 Å². The lowest BCUT2D eigenvalue weighted by molar-refractivity contribution is -0.385. The number of nitrogens with zero attached hydrogens (tertiary/aromatic N) is 11. The Morgan fingerprint density at radius 3 is 1.13 bits per heavy atom. The third-order valence-electron chi connectivity index (χ3n) is 19.3. The van der Waals surface area contributed by atoms with Crippen LogP contribution in [0.1, 0.15) is 114 Å². The molecule has 14 aromatic rings. The van der Waals surface area contributed by atoms with Crippen molar-refractivity contribution in [2.75, 3.05) is 18.2 Å². The van der Waals surface area contributed by atoms with Gasteiger partial charge < -0.3 is 26.2 Å². The van der Waals surface area contributed by atoms with Gasteiger partial charge in [-0.1, -0.05) is 204 Å². The average Bonchev–Trinajstić information content (AvgIpc) is 0.816. The van der Waals surface area contributed by atoms with E-state index in [9.17, 15) is 78.9 Å². The fourth-order valence-electron chi connectivity index (χ4n) is 11.7. The SMILES string of the molecule is CO.Cc1ccc(C(=O)Cc2ccc(Cl)c(C(F)(F)F)c2)cc1N.Cc1ccc(C(=O)Cc2ccc(Cl)c(C(F)(F)F)c2)cc1[N+](=O)[O-].Cc1ccc(C(=O)Cl)cc1[N+](=O)[O-].Cc1ccc(C)c(C)c1.Cl.Clc1ccnc(Cl)n1.[C-]#[N+]c1ccc(-c2ccnc(Cl)n2)cc1.[C-]#[N+]c1ccc(-c2ccnc(Nc3cc(C(=O)Cc4ccc(Cl)c(C(F)(F)F)c4)ccc3C)n2)cc1.[C-]#[N+]c1ccc(B(O)O)cc1. The number of anilines is 3. The number of hydrogen-bond donors (Lipinski definition) is 5. The van der Waals surface area contributed by atoms with Gasteiger partial charge in [0.15, 0.2) is 34.4 Å². The van der Waals surface area contributed by atoms with Gasteiger partial charge in [0.05, 0.1) is 72.7 Å². The van der Waals surface area contributed by atoms with Crippen molar-refractivity contribution in [1.82, 2.24) is 29.9 Å². The highest BCUT2D eigenvalue weighted by molar-refractivity contribution is 6.67. The summed E-state index contributed by atoms with van der Waals surface area (Å²) in [5.41, 5.74) is 16.9. The lowest BCUT2D eigenvalue weighted by atomic mass is 9.80. The van der Waals surface area contributed by atoms with E-state index in [1.165, 1.54) is 96.5 Å². The van der Waals surface area contributed by atoms with Crippen molar-refractivity contribution in [1.29, 1.82) is 0 Å².